The number of likely N-dealkylation sites (N-methyl/N-ethyl adjacent to an activating group) is 1. The third-order valence-electron chi connectivity index (χ3n) is 1.67. The highest BCUT2D eigenvalue weighted by Crippen LogP contribution is 1.94. The van der Waals surface area contributed by atoms with E-state index in [9.17, 15) is 9.59 Å². The predicted molar refractivity (Wildman–Crippen MR) is 51.2 cm³/mol. The normalized spacial score (nSPS) is 11.9. The van der Waals surface area contributed by atoms with E-state index in [1.165, 1.54) is 14.2 Å². The molecule has 0 bridgehead atoms. The second-order valence-electron chi connectivity index (χ2n) is 2.68. The van der Waals surface area contributed by atoms with E-state index in [0.29, 0.717) is 6.61 Å². The molecule has 0 unspecified atom stereocenters. The van der Waals surface area contributed by atoms with Crippen LogP contribution in [0.4, 0.5) is 4.79 Å². The molecule has 0 aliphatic rings. The van der Waals surface area contributed by atoms with Gasteiger partial charge in [0.05, 0.1) is 13.7 Å². The van der Waals surface area contributed by atoms with Gasteiger partial charge in [-0.25, -0.2) is 9.86 Å². The van der Waals surface area contributed by atoms with E-state index in [-0.39, 0.29) is 6.61 Å². The van der Waals surface area contributed by atoms with Gasteiger partial charge in [0, 0.05) is 13.7 Å². The van der Waals surface area contributed by atoms with Crippen LogP contribution in [-0.2, 0) is 14.4 Å². The van der Waals surface area contributed by atoms with Crippen LogP contribution >= 0.6 is 0 Å². The van der Waals surface area contributed by atoms with Gasteiger partial charge in [0.15, 0.2) is 0 Å². The summed E-state index contributed by atoms with van der Waals surface area (Å²) in [6.45, 7) is 2.14. The van der Waals surface area contributed by atoms with Crippen LogP contribution in [0.1, 0.15) is 6.92 Å². The van der Waals surface area contributed by atoms with Crippen LogP contribution < -0.4 is 5.32 Å². The highest BCUT2D eigenvalue weighted by Gasteiger charge is 2.24. The summed E-state index contributed by atoms with van der Waals surface area (Å²) in [5.41, 5.74) is 0. The standard InChI is InChI=1S/C8H16N2O5/c1-4-15-5-6(9-8(12)13)7(11)10(2)14-3/h6,9H,4-5H2,1-3H3,(H,12,13)/t6-/m1/s1. The van der Waals surface area contributed by atoms with Crippen LogP contribution in [0, 0.1) is 0 Å². The van der Waals surface area contributed by atoms with Crippen molar-refractivity contribution in [3.63, 3.8) is 0 Å². The number of hydroxylamine groups is 2. The zero-order chi connectivity index (χ0) is 11.8. The summed E-state index contributed by atoms with van der Waals surface area (Å²) in [5.74, 6) is -0.506. The van der Waals surface area contributed by atoms with Crippen molar-refractivity contribution in [2.45, 2.75) is 13.0 Å². The molecule has 0 aliphatic heterocycles. The van der Waals surface area contributed by atoms with Gasteiger partial charge in [0.25, 0.3) is 5.91 Å². The molecule has 0 aromatic heterocycles. The second-order valence-corrected chi connectivity index (χ2v) is 2.68. The number of hydrogen-bond acceptors (Lipinski definition) is 4. The van der Waals surface area contributed by atoms with Crippen molar-refractivity contribution in [3.8, 4) is 0 Å². The highest BCUT2D eigenvalue weighted by atomic mass is 16.7. The minimum Gasteiger partial charge on any atom is -0.465 e. The van der Waals surface area contributed by atoms with E-state index in [0.717, 1.165) is 5.06 Å². The minimum atomic E-state index is -1.28. The van der Waals surface area contributed by atoms with Gasteiger partial charge in [-0.15, -0.1) is 0 Å². The molecule has 15 heavy (non-hydrogen) atoms. The zero-order valence-corrected chi connectivity index (χ0v) is 9.02. The second kappa shape index (κ2) is 7.02. The number of nitrogens with zero attached hydrogens (tertiary/aromatic N) is 1. The molecule has 0 radical (unpaired) electrons. The van der Waals surface area contributed by atoms with Crippen LogP contribution in [0.15, 0.2) is 0 Å². The van der Waals surface area contributed by atoms with Crippen molar-refractivity contribution in [3.05, 3.63) is 0 Å². The first-order valence-corrected chi connectivity index (χ1v) is 4.41. The van der Waals surface area contributed by atoms with Crippen molar-refractivity contribution >= 4 is 12.0 Å². The number of carbonyl (C=O) groups excluding carboxylic acids is 1. The van der Waals surface area contributed by atoms with Gasteiger partial charge in [0.1, 0.15) is 6.04 Å². The Balaban J connectivity index is 4.32. The number of rotatable bonds is 6. The molecule has 0 saturated heterocycles. The lowest BCUT2D eigenvalue weighted by Crippen LogP contribution is -2.49. The molecule has 0 rings (SSSR count). The Bertz CT molecular complexity index is 221. The first-order chi connectivity index (χ1) is 7.02. The number of carbonyl (C=O) groups is 2. The zero-order valence-electron chi connectivity index (χ0n) is 9.02. The van der Waals surface area contributed by atoms with Gasteiger partial charge in [0.2, 0.25) is 0 Å². The number of ether oxygens (including phenoxy) is 1. The molecule has 7 nitrogen and oxygen atoms in total. The monoisotopic (exact) mass is 220 g/mol. The minimum absolute atomic E-state index is 0.0185. The molecule has 0 aromatic carbocycles. The van der Waals surface area contributed by atoms with Crippen LogP contribution in [0.5, 0.6) is 0 Å². The summed E-state index contributed by atoms with van der Waals surface area (Å²) < 4.78 is 4.98. The quantitative estimate of drug-likeness (QED) is 0.599. The lowest BCUT2D eigenvalue weighted by molar-refractivity contribution is -0.172. The first-order valence-electron chi connectivity index (χ1n) is 4.41. The summed E-state index contributed by atoms with van der Waals surface area (Å²) in [5, 5.41) is 11.5. The average Bonchev–Trinajstić information content (AvgIpc) is 2.21. The fourth-order valence-electron chi connectivity index (χ4n) is 0.869. The molecule has 88 valence electrons. The van der Waals surface area contributed by atoms with Gasteiger partial charge in [-0.2, -0.15) is 0 Å². The van der Waals surface area contributed by atoms with Crippen molar-refractivity contribution in [2.24, 2.45) is 0 Å². The van der Waals surface area contributed by atoms with E-state index < -0.39 is 18.0 Å². The molecule has 2 N–H and O–H groups in total. The molecule has 0 aromatic rings. The number of carboxylic acid groups (broad SMARTS) is 1. The third kappa shape index (κ3) is 5.18. The molecule has 1 atom stereocenters. The van der Waals surface area contributed by atoms with Gasteiger partial charge >= 0.3 is 6.09 Å². The fourth-order valence-corrected chi connectivity index (χ4v) is 0.869. The largest absolute Gasteiger partial charge is 0.465 e. The van der Waals surface area contributed by atoms with Crippen molar-refractivity contribution < 1.29 is 24.3 Å². The maximum absolute atomic E-state index is 11.5. The molecule has 7 heteroatoms. The van der Waals surface area contributed by atoms with Gasteiger partial charge in [-0.1, -0.05) is 0 Å². The van der Waals surface area contributed by atoms with Crippen molar-refractivity contribution in [2.75, 3.05) is 27.4 Å². The number of amides is 2. The van der Waals surface area contributed by atoms with Crippen molar-refractivity contribution in [1.29, 1.82) is 0 Å². The Morgan fingerprint density at radius 3 is 2.53 bits per heavy atom. The van der Waals surface area contributed by atoms with E-state index >= 15 is 0 Å². The van der Waals surface area contributed by atoms with Gasteiger partial charge < -0.3 is 15.2 Å². The summed E-state index contributed by atoms with van der Waals surface area (Å²) >= 11 is 0. The average molecular weight is 220 g/mol. The van der Waals surface area contributed by atoms with E-state index in [4.69, 9.17) is 9.84 Å². The summed E-state index contributed by atoms with van der Waals surface area (Å²) in [7, 11) is 2.71. The maximum atomic E-state index is 11.5. The molecule has 0 spiro atoms. The van der Waals surface area contributed by atoms with E-state index in [1.54, 1.807) is 6.92 Å². The number of hydrogen-bond donors (Lipinski definition) is 2. The Morgan fingerprint density at radius 2 is 2.13 bits per heavy atom. The molecule has 0 aliphatic carbocycles. The van der Waals surface area contributed by atoms with Crippen molar-refractivity contribution in [1.82, 2.24) is 10.4 Å². The SMILES string of the molecule is CCOC[C@@H](NC(=O)O)C(=O)N(C)OC. The highest BCUT2D eigenvalue weighted by molar-refractivity contribution is 5.84. The summed E-state index contributed by atoms with van der Waals surface area (Å²) in [6, 6.07) is -0.951. The Hall–Kier alpha value is -1.34. The van der Waals surface area contributed by atoms with Crippen LogP contribution in [0.3, 0.4) is 0 Å². The first kappa shape index (κ1) is 13.7. The Kier molecular flexibility index (Phi) is 6.39. The molecular formula is C8H16N2O5. The van der Waals surface area contributed by atoms with E-state index in [1.807, 2.05) is 0 Å². The lowest BCUT2D eigenvalue weighted by atomic mass is 10.3. The summed E-state index contributed by atoms with van der Waals surface area (Å²) in [6.07, 6.45) is -1.28. The number of nitrogens with one attached hydrogen (secondary N) is 1. The van der Waals surface area contributed by atoms with Gasteiger partial charge in [-0.3, -0.25) is 9.63 Å². The molecule has 2 amide bonds. The molecular weight excluding hydrogens is 204 g/mol. The smallest absolute Gasteiger partial charge is 0.405 e. The maximum Gasteiger partial charge on any atom is 0.405 e. The lowest BCUT2D eigenvalue weighted by Gasteiger charge is -2.21. The Morgan fingerprint density at radius 1 is 1.53 bits per heavy atom. The predicted octanol–water partition coefficient (Wildman–Crippen LogP) is -0.321. The summed E-state index contributed by atoms with van der Waals surface area (Å²) in [4.78, 5) is 26.6. The van der Waals surface area contributed by atoms with Crippen LogP contribution in [0.25, 0.3) is 0 Å². The third-order valence-corrected chi connectivity index (χ3v) is 1.67. The van der Waals surface area contributed by atoms with E-state index in [2.05, 4.69) is 10.2 Å². The molecule has 0 heterocycles. The fraction of sp³-hybridized carbons (Fsp3) is 0.750. The van der Waals surface area contributed by atoms with Gasteiger partial charge in [-0.05, 0) is 6.92 Å². The molecule has 0 fully saturated rings. The molecule has 0 saturated carbocycles. The topological polar surface area (TPSA) is 88.1 Å². The van der Waals surface area contributed by atoms with Crippen LogP contribution in [-0.4, -0.2) is 55.6 Å². The Labute approximate surface area is 87.9 Å². The van der Waals surface area contributed by atoms with Crippen LogP contribution in [0.2, 0.25) is 0 Å².